The predicted octanol–water partition coefficient (Wildman–Crippen LogP) is 1.88. The molecule has 0 aliphatic carbocycles. The standard InChI is InChI=1S/C11H14O3S/c1-7-4-5-10(8(2)6-7)15(14)9(3)11(12)13/h4-6,9H,1-3H3,(H,12,13). The first-order chi connectivity index (χ1) is 6.93. The third-order valence-electron chi connectivity index (χ3n) is 2.22. The molecule has 2 unspecified atom stereocenters. The average molecular weight is 226 g/mol. The molecule has 0 aromatic heterocycles. The van der Waals surface area contributed by atoms with E-state index in [9.17, 15) is 9.00 Å². The smallest absolute Gasteiger partial charge is 0.319 e. The summed E-state index contributed by atoms with van der Waals surface area (Å²) in [5.41, 5.74) is 1.96. The van der Waals surface area contributed by atoms with E-state index in [0.29, 0.717) is 4.90 Å². The highest BCUT2D eigenvalue weighted by Crippen LogP contribution is 2.17. The fourth-order valence-corrected chi connectivity index (χ4v) is 2.45. The molecule has 1 aromatic rings. The minimum atomic E-state index is -1.48. The van der Waals surface area contributed by atoms with Gasteiger partial charge in [-0.25, -0.2) is 0 Å². The Labute approximate surface area is 91.6 Å². The van der Waals surface area contributed by atoms with Crippen molar-refractivity contribution in [1.29, 1.82) is 0 Å². The van der Waals surface area contributed by atoms with Crippen LogP contribution in [0.3, 0.4) is 0 Å². The lowest BCUT2D eigenvalue weighted by atomic mass is 10.2. The van der Waals surface area contributed by atoms with Gasteiger partial charge in [0, 0.05) is 4.90 Å². The number of carbonyl (C=O) groups is 1. The summed E-state index contributed by atoms with van der Waals surface area (Å²) in [5, 5.41) is 7.90. The molecule has 0 bridgehead atoms. The van der Waals surface area contributed by atoms with Gasteiger partial charge in [-0.15, -0.1) is 0 Å². The second kappa shape index (κ2) is 4.57. The molecule has 0 aliphatic rings. The number of aliphatic carboxylic acids is 1. The molecule has 0 heterocycles. The molecule has 0 fully saturated rings. The molecule has 0 aliphatic heterocycles. The summed E-state index contributed by atoms with van der Waals surface area (Å²) in [5.74, 6) is -1.03. The van der Waals surface area contributed by atoms with E-state index in [1.54, 1.807) is 6.07 Å². The third-order valence-corrected chi connectivity index (χ3v) is 3.95. The third kappa shape index (κ3) is 2.65. The summed E-state index contributed by atoms with van der Waals surface area (Å²) in [7, 11) is -1.48. The van der Waals surface area contributed by atoms with E-state index in [-0.39, 0.29) is 0 Å². The molecule has 1 N–H and O–H groups in total. The Balaban J connectivity index is 3.07. The molecule has 15 heavy (non-hydrogen) atoms. The van der Waals surface area contributed by atoms with Gasteiger partial charge in [-0.05, 0) is 32.4 Å². The van der Waals surface area contributed by atoms with Gasteiger partial charge in [-0.2, -0.15) is 0 Å². The van der Waals surface area contributed by atoms with E-state index < -0.39 is 22.0 Å². The van der Waals surface area contributed by atoms with Gasteiger partial charge in [0.2, 0.25) is 0 Å². The number of carboxylic acids is 1. The van der Waals surface area contributed by atoms with Crippen molar-refractivity contribution < 1.29 is 14.1 Å². The van der Waals surface area contributed by atoms with Crippen molar-refractivity contribution in [2.45, 2.75) is 30.9 Å². The van der Waals surface area contributed by atoms with Crippen LogP contribution < -0.4 is 0 Å². The largest absolute Gasteiger partial charge is 0.480 e. The Bertz CT molecular complexity index is 412. The van der Waals surface area contributed by atoms with E-state index in [1.165, 1.54) is 6.92 Å². The second-order valence-corrected chi connectivity index (χ2v) is 5.29. The van der Waals surface area contributed by atoms with Crippen LogP contribution in [0.4, 0.5) is 0 Å². The lowest BCUT2D eigenvalue weighted by molar-refractivity contribution is -0.136. The van der Waals surface area contributed by atoms with Crippen LogP contribution in [0.25, 0.3) is 0 Å². The molecule has 0 spiro atoms. The minimum Gasteiger partial charge on any atom is -0.480 e. The van der Waals surface area contributed by atoms with Gasteiger partial charge in [0.05, 0.1) is 10.8 Å². The van der Waals surface area contributed by atoms with Crippen molar-refractivity contribution in [2.75, 3.05) is 0 Å². The maximum atomic E-state index is 11.8. The maximum Gasteiger partial charge on any atom is 0.319 e. The summed E-state index contributed by atoms with van der Waals surface area (Å²) in [6.07, 6.45) is 0. The van der Waals surface area contributed by atoms with Crippen LogP contribution in [0.15, 0.2) is 23.1 Å². The highest BCUT2D eigenvalue weighted by atomic mass is 32.2. The zero-order chi connectivity index (χ0) is 11.6. The highest BCUT2D eigenvalue weighted by Gasteiger charge is 2.21. The molecule has 0 amide bonds. The number of hydrogen-bond donors (Lipinski definition) is 1. The quantitative estimate of drug-likeness (QED) is 0.856. The van der Waals surface area contributed by atoms with Gasteiger partial charge in [0.25, 0.3) is 0 Å². The number of rotatable bonds is 3. The zero-order valence-electron chi connectivity index (χ0n) is 8.98. The molecular weight excluding hydrogens is 212 g/mol. The molecule has 0 radical (unpaired) electrons. The Kier molecular flexibility index (Phi) is 3.63. The fourth-order valence-electron chi connectivity index (χ4n) is 1.31. The fraction of sp³-hybridized carbons (Fsp3) is 0.364. The van der Waals surface area contributed by atoms with Gasteiger partial charge in [-0.1, -0.05) is 17.7 Å². The molecule has 1 rings (SSSR count). The van der Waals surface area contributed by atoms with Crippen LogP contribution in [0.5, 0.6) is 0 Å². The normalized spacial score (nSPS) is 14.6. The first kappa shape index (κ1) is 11.9. The summed E-state index contributed by atoms with van der Waals surface area (Å²) < 4.78 is 11.8. The lowest BCUT2D eigenvalue weighted by Gasteiger charge is -2.09. The molecule has 4 heteroatoms. The van der Waals surface area contributed by atoms with Gasteiger partial charge in [-0.3, -0.25) is 9.00 Å². The van der Waals surface area contributed by atoms with Gasteiger partial charge >= 0.3 is 5.97 Å². The van der Waals surface area contributed by atoms with Crippen LogP contribution in [0, 0.1) is 13.8 Å². The second-order valence-electron chi connectivity index (χ2n) is 3.55. The van der Waals surface area contributed by atoms with Crippen LogP contribution >= 0.6 is 0 Å². The molecule has 2 atom stereocenters. The molecule has 1 aromatic carbocycles. The van der Waals surface area contributed by atoms with E-state index in [0.717, 1.165) is 11.1 Å². The Morgan fingerprint density at radius 1 is 1.40 bits per heavy atom. The number of benzene rings is 1. The van der Waals surface area contributed by atoms with Gasteiger partial charge < -0.3 is 5.11 Å². The number of carboxylic acid groups (broad SMARTS) is 1. The summed E-state index contributed by atoms with van der Waals surface area (Å²) >= 11 is 0. The van der Waals surface area contributed by atoms with Crippen LogP contribution in [-0.2, 0) is 15.6 Å². The monoisotopic (exact) mass is 226 g/mol. The summed E-state index contributed by atoms with van der Waals surface area (Å²) in [6.45, 7) is 5.24. The molecule has 82 valence electrons. The first-order valence-electron chi connectivity index (χ1n) is 4.64. The van der Waals surface area contributed by atoms with Crippen LogP contribution in [-0.4, -0.2) is 20.5 Å². The van der Waals surface area contributed by atoms with Crippen LogP contribution in [0.2, 0.25) is 0 Å². The van der Waals surface area contributed by atoms with Crippen molar-refractivity contribution in [3.05, 3.63) is 29.3 Å². The van der Waals surface area contributed by atoms with Crippen molar-refractivity contribution in [2.24, 2.45) is 0 Å². The number of aryl methyl sites for hydroxylation is 2. The Morgan fingerprint density at radius 3 is 2.47 bits per heavy atom. The van der Waals surface area contributed by atoms with Gasteiger partial charge in [0.1, 0.15) is 5.25 Å². The van der Waals surface area contributed by atoms with Crippen molar-refractivity contribution in [1.82, 2.24) is 0 Å². The zero-order valence-corrected chi connectivity index (χ0v) is 9.80. The van der Waals surface area contributed by atoms with Gasteiger partial charge in [0.15, 0.2) is 0 Å². The number of hydrogen-bond acceptors (Lipinski definition) is 2. The first-order valence-corrected chi connectivity index (χ1v) is 5.85. The average Bonchev–Trinajstić information content (AvgIpc) is 2.15. The maximum absolute atomic E-state index is 11.8. The SMILES string of the molecule is Cc1ccc(S(=O)C(C)C(=O)O)c(C)c1. The predicted molar refractivity (Wildman–Crippen MR) is 59.4 cm³/mol. The lowest BCUT2D eigenvalue weighted by Crippen LogP contribution is -2.22. The Morgan fingerprint density at radius 2 is 2.00 bits per heavy atom. The van der Waals surface area contributed by atoms with E-state index in [4.69, 9.17) is 5.11 Å². The summed E-state index contributed by atoms with van der Waals surface area (Å²) in [6, 6.07) is 5.48. The van der Waals surface area contributed by atoms with E-state index in [2.05, 4.69) is 0 Å². The van der Waals surface area contributed by atoms with Crippen LogP contribution in [0.1, 0.15) is 18.1 Å². The molecule has 0 saturated heterocycles. The van der Waals surface area contributed by atoms with E-state index in [1.807, 2.05) is 26.0 Å². The van der Waals surface area contributed by atoms with E-state index >= 15 is 0 Å². The van der Waals surface area contributed by atoms with Crippen molar-refractivity contribution >= 4 is 16.8 Å². The molecular formula is C11H14O3S. The molecule has 3 nitrogen and oxygen atoms in total. The summed E-state index contributed by atoms with van der Waals surface area (Å²) in [4.78, 5) is 11.3. The van der Waals surface area contributed by atoms with Crippen molar-refractivity contribution in [3.63, 3.8) is 0 Å². The highest BCUT2D eigenvalue weighted by molar-refractivity contribution is 7.86. The minimum absolute atomic E-state index is 0.607. The molecule has 0 saturated carbocycles. The topological polar surface area (TPSA) is 54.4 Å². The Hall–Kier alpha value is -1.16. The van der Waals surface area contributed by atoms with Crippen molar-refractivity contribution in [3.8, 4) is 0 Å².